The number of aliphatic hydroxyl groups is 7. The zero-order valence-electron chi connectivity index (χ0n) is 26.0. The maximum absolute atomic E-state index is 12.4. The summed E-state index contributed by atoms with van der Waals surface area (Å²) in [6, 6.07) is -1.30. The van der Waals surface area contributed by atoms with E-state index in [1.807, 2.05) is 0 Å². The minimum atomic E-state index is -5.25. The molecular formula is C26H48N2O18S. The van der Waals surface area contributed by atoms with Gasteiger partial charge in [0.1, 0.15) is 67.1 Å². The van der Waals surface area contributed by atoms with E-state index in [4.69, 9.17) is 34.2 Å². The molecule has 276 valence electrons. The highest BCUT2D eigenvalue weighted by Gasteiger charge is 2.55. The summed E-state index contributed by atoms with van der Waals surface area (Å²) in [6.45, 7) is 1.48. The van der Waals surface area contributed by atoms with Gasteiger partial charge in [0.25, 0.3) is 0 Å². The number of rotatable bonds is 16. The van der Waals surface area contributed by atoms with Crippen LogP contribution in [0, 0.1) is 0 Å². The van der Waals surface area contributed by atoms with E-state index in [0.29, 0.717) is 13.0 Å². The second kappa shape index (κ2) is 18.1. The van der Waals surface area contributed by atoms with E-state index in [0.717, 1.165) is 19.3 Å². The van der Waals surface area contributed by atoms with Gasteiger partial charge in [0.15, 0.2) is 18.9 Å². The second-order valence-electron chi connectivity index (χ2n) is 11.6. The Hall–Kier alpha value is -1.22. The number of carbonyl (C=O) groups excluding carboxylic acids is 1. The second-order valence-corrected chi connectivity index (χ2v) is 12.7. The third-order valence-electron chi connectivity index (χ3n) is 8.02. The Morgan fingerprint density at radius 1 is 0.766 bits per heavy atom. The van der Waals surface area contributed by atoms with Crippen LogP contribution in [0.5, 0.6) is 0 Å². The molecule has 3 aliphatic rings. The molecule has 0 radical (unpaired) electrons. The monoisotopic (exact) mass is 708 g/mol. The summed E-state index contributed by atoms with van der Waals surface area (Å²) >= 11 is 0. The highest BCUT2D eigenvalue weighted by atomic mass is 32.3. The first-order valence-electron chi connectivity index (χ1n) is 15.3. The third kappa shape index (κ3) is 10.6. The molecule has 0 aromatic carbocycles. The van der Waals surface area contributed by atoms with Crippen molar-refractivity contribution in [3.63, 3.8) is 0 Å². The molecule has 3 rings (SSSR count). The molecule has 0 aliphatic carbocycles. The van der Waals surface area contributed by atoms with Crippen molar-refractivity contribution in [2.75, 3.05) is 26.4 Å². The lowest BCUT2D eigenvalue weighted by Gasteiger charge is -2.50. The summed E-state index contributed by atoms with van der Waals surface area (Å²) in [5.41, 5.74) is 5.53. The summed E-state index contributed by atoms with van der Waals surface area (Å²) in [4.78, 5) is 12.4. The van der Waals surface area contributed by atoms with Crippen molar-refractivity contribution in [3.8, 4) is 0 Å². The van der Waals surface area contributed by atoms with Crippen molar-refractivity contribution < 1.29 is 86.1 Å². The van der Waals surface area contributed by atoms with E-state index in [1.165, 1.54) is 13.8 Å². The van der Waals surface area contributed by atoms with E-state index in [9.17, 15) is 53.5 Å². The Bertz CT molecular complexity index is 1070. The quantitative estimate of drug-likeness (QED) is 0.0530. The van der Waals surface area contributed by atoms with Crippen LogP contribution in [0.2, 0.25) is 0 Å². The molecule has 1 amide bonds. The predicted molar refractivity (Wildman–Crippen MR) is 153 cm³/mol. The van der Waals surface area contributed by atoms with E-state index < -0.39 is 122 Å². The lowest BCUT2D eigenvalue weighted by molar-refractivity contribution is -0.372. The molecule has 0 bridgehead atoms. The lowest BCUT2D eigenvalue weighted by Crippen LogP contribution is -2.70. The smallest absolute Gasteiger partial charge is 0.394 e. The average Bonchev–Trinajstić information content (AvgIpc) is 3.01. The topological polar surface area (TPSA) is 316 Å². The summed E-state index contributed by atoms with van der Waals surface area (Å²) in [6.07, 6.45) is -20.5. The van der Waals surface area contributed by atoms with Gasteiger partial charge in [-0.05, 0) is 26.3 Å². The Labute approximate surface area is 271 Å². The van der Waals surface area contributed by atoms with Crippen LogP contribution < -0.4 is 11.1 Å². The van der Waals surface area contributed by atoms with Gasteiger partial charge in [0.05, 0.1) is 19.3 Å². The van der Waals surface area contributed by atoms with Gasteiger partial charge in [-0.15, -0.1) is 0 Å². The van der Waals surface area contributed by atoms with Crippen molar-refractivity contribution in [1.82, 2.24) is 5.32 Å². The van der Waals surface area contributed by atoms with Crippen LogP contribution in [0.3, 0.4) is 0 Å². The zero-order chi connectivity index (χ0) is 35.1. The number of hydrogen-bond acceptors (Lipinski definition) is 18. The Balaban J connectivity index is 1.98. The fourth-order valence-corrected chi connectivity index (χ4v) is 6.07. The van der Waals surface area contributed by atoms with E-state index in [-0.39, 0.29) is 6.61 Å². The Kier molecular flexibility index (Phi) is 15.5. The summed E-state index contributed by atoms with van der Waals surface area (Å²) in [7, 11) is -5.25. The van der Waals surface area contributed by atoms with Gasteiger partial charge in [0.2, 0.25) is 5.91 Å². The number of carbonyl (C=O) groups is 1. The van der Waals surface area contributed by atoms with Gasteiger partial charge in [0, 0.05) is 13.5 Å². The van der Waals surface area contributed by atoms with Crippen LogP contribution in [-0.4, -0.2) is 173 Å². The van der Waals surface area contributed by atoms with Gasteiger partial charge in [-0.2, -0.15) is 8.42 Å². The van der Waals surface area contributed by atoms with Gasteiger partial charge in [-0.1, -0.05) is 12.8 Å². The van der Waals surface area contributed by atoms with Crippen LogP contribution >= 0.6 is 0 Å². The van der Waals surface area contributed by atoms with Crippen molar-refractivity contribution in [2.24, 2.45) is 5.73 Å². The fourth-order valence-electron chi connectivity index (χ4n) is 5.56. The van der Waals surface area contributed by atoms with E-state index in [2.05, 4.69) is 9.50 Å². The van der Waals surface area contributed by atoms with Gasteiger partial charge >= 0.3 is 10.4 Å². The number of aliphatic hydroxyl groups excluding tert-OH is 7. The normalized spacial score (nSPS) is 41.5. The molecule has 20 nitrogen and oxygen atoms in total. The highest BCUT2D eigenvalue weighted by Crippen LogP contribution is 2.34. The number of amides is 1. The molecule has 0 unspecified atom stereocenters. The van der Waals surface area contributed by atoms with Crippen LogP contribution in [0.1, 0.15) is 39.5 Å². The molecular weight excluding hydrogens is 660 g/mol. The summed E-state index contributed by atoms with van der Waals surface area (Å²) in [5, 5.41) is 75.4. The summed E-state index contributed by atoms with van der Waals surface area (Å²) in [5.74, 6) is -0.613. The Morgan fingerprint density at radius 3 is 1.96 bits per heavy atom. The number of ether oxygens (including phenoxy) is 6. The molecule has 3 heterocycles. The standard InChI is InChI=1S/C26H48N2O18S/c1-11-16(32)18(34)19(35)25(41-11)45-22-15(28-12(2)31)24(40-8-6-4-3-5-7-27)43-14(10-30)21(22)44-26-20(36)23(46-47(37,38)39)17(33)13(9-29)42-26/h11,13-26,29-30,32-36H,3-10,27H2,1-2H3,(H,28,31)(H,37,38,39)/t11-,13+,14+,15+,16+,17-,18+,19-,20+,21+,22+,23-,24+,25-,26-/m0/s1. The summed E-state index contributed by atoms with van der Waals surface area (Å²) < 4.78 is 71.5. The number of nitrogens with two attached hydrogens (primary N) is 1. The number of nitrogens with one attached hydrogen (secondary N) is 1. The van der Waals surface area contributed by atoms with Crippen LogP contribution in [-0.2, 0) is 47.8 Å². The van der Waals surface area contributed by atoms with Crippen LogP contribution in [0.25, 0.3) is 0 Å². The average molecular weight is 709 g/mol. The molecule has 0 spiro atoms. The maximum atomic E-state index is 12.4. The third-order valence-corrected chi connectivity index (χ3v) is 8.49. The minimum absolute atomic E-state index is 0.126. The molecule has 47 heavy (non-hydrogen) atoms. The lowest BCUT2D eigenvalue weighted by atomic mass is 9.94. The van der Waals surface area contributed by atoms with Gasteiger partial charge < -0.3 is 75.2 Å². The van der Waals surface area contributed by atoms with E-state index in [1.54, 1.807) is 0 Å². The van der Waals surface area contributed by atoms with Crippen molar-refractivity contribution >= 4 is 16.3 Å². The number of hydrogen-bond donors (Lipinski definition) is 10. The number of unbranched alkanes of at least 4 members (excludes halogenated alkanes) is 3. The largest absolute Gasteiger partial charge is 0.397 e. The van der Waals surface area contributed by atoms with Crippen LogP contribution in [0.15, 0.2) is 0 Å². The molecule has 0 aromatic heterocycles. The molecule has 3 aliphatic heterocycles. The van der Waals surface area contributed by atoms with Gasteiger partial charge in [-0.25, -0.2) is 4.18 Å². The Morgan fingerprint density at radius 2 is 1.36 bits per heavy atom. The zero-order valence-corrected chi connectivity index (χ0v) is 26.8. The molecule has 11 N–H and O–H groups in total. The maximum Gasteiger partial charge on any atom is 0.397 e. The van der Waals surface area contributed by atoms with Crippen molar-refractivity contribution in [2.45, 2.75) is 132 Å². The molecule has 0 saturated carbocycles. The minimum Gasteiger partial charge on any atom is -0.394 e. The first-order valence-corrected chi connectivity index (χ1v) is 16.6. The van der Waals surface area contributed by atoms with Crippen molar-refractivity contribution in [3.05, 3.63) is 0 Å². The molecule has 3 saturated heterocycles. The SMILES string of the molecule is CC(=O)N[C@H]1[C@H](OCCCCCCN)O[C@H](CO)[C@@H](O[C@@H]2O[C@H](CO)[C@H](O)[C@H](OS(=O)(=O)O)[C@H]2O)[C@@H]1O[C@@H]1O[C@@H](C)[C@@H](O)[C@@H](O)[C@@H]1O. The van der Waals surface area contributed by atoms with E-state index >= 15 is 0 Å². The fraction of sp³-hybridized carbons (Fsp3) is 0.962. The molecule has 0 aromatic rings. The first-order chi connectivity index (χ1) is 22.1. The molecule has 15 atom stereocenters. The first kappa shape index (κ1) is 40.2. The van der Waals surface area contributed by atoms with Crippen LogP contribution in [0.4, 0.5) is 0 Å². The highest BCUT2D eigenvalue weighted by molar-refractivity contribution is 7.80. The predicted octanol–water partition coefficient (Wildman–Crippen LogP) is -5.03. The van der Waals surface area contributed by atoms with Gasteiger partial charge in [-0.3, -0.25) is 9.35 Å². The molecule has 21 heteroatoms. The molecule has 3 fully saturated rings. The van der Waals surface area contributed by atoms with Crippen molar-refractivity contribution in [1.29, 1.82) is 0 Å².